The Morgan fingerprint density at radius 1 is 1.41 bits per heavy atom. The summed E-state index contributed by atoms with van der Waals surface area (Å²) >= 11 is 5.83. The van der Waals surface area contributed by atoms with E-state index >= 15 is 0 Å². The summed E-state index contributed by atoms with van der Waals surface area (Å²) in [7, 11) is 0. The van der Waals surface area contributed by atoms with E-state index in [2.05, 4.69) is 0 Å². The Morgan fingerprint density at radius 3 is 2.71 bits per heavy atom. The number of hydrogen-bond acceptors (Lipinski definition) is 3. The number of nitrogens with two attached hydrogens (primary N) is 1. The van der Waals surface area contributed by atoms with E-state index in [9.17, 15) is 4.39 Å². The molecule has 1 heterocycles. The fraction of sp³-hybridized carbons (Fsp3) is 0.500. The average molecular weight is 260 g/mol. The molecule has 1 aliphatic heterocycles. The van der Waals surface area contributed by atoms with Crippen molar-refractivity contribution in [1.82, 2.24) is 0 Å². The summed E-state index contributed by atoms with van der Waals surface area (Å²) in [5, 5.41) is 0.0356. The summed E-state index contributed by atoms with van der Waals surface area (Å²) < 4.78 is 24.9. The van der Waals surface area contributed by atoms with Crippen molar-refractivity contribution in [2.75, 3.05) is 13.2 Å². The third kappa shape index (κ3) is 2.64. The van der Waals surface area contributed by atoms with Crippen LogP contribution in [-0.2, 0) is 6.42 Å². The van der Waals surface area contributed by atoms with Gasteiger partial charge in [-0.1, -0.05) is 11.6 Å². The summed E-state index contributed by atoms with van der Waals surface area (Å²) in [6.07, 6.45) is 0.338. The smallest absolute Gasteiger partial charge is 0.167 e. The van der Waals surface area contributed by atoms with Crippen molar-refractivity contribution in [3.05, 3.63) is 22.5 Å². The first-order valence-corrected chi connectivity index (χ1v) is 5.81. The second kappa shape index (κ2) is 4.35. The summed E-state index contributed by atoms with van der Waals surface area (Å²) in [6, 6.07) is 1.44. The Labute approximate surface area is 105 Å². The molecule has 0 radical (unpaired) electrons. The number of halogens is 2. The second-order valence-electron chi connectivity index (χ2n) is 4.84. The first-order chi connectivity index (χ1) is 7.88. The van der Waals surface area contributed by atoms with Crippen LogP contribution in [0.15, 0.2) is 6.07 Å². The van der Waals surface area contributed by atoms with Crippen molar-refractivity contribution < 1.29 is 13.9 Å². The summed E-state index contributed by atoms with van der Waals surface area (Å²) in [6.45, 7) is 4.50. The van der Waals surface area contributed by atoms with E-state index in [0.29, 0.717) is 36.7 Å². The van der Waals surface area contributed by atoms with Crippen LogP contribution >= 0.6 is 11.6 Å². The molecule has 5 heteroatoms. The van der Waals surface area contributed by atoms with Crippen molar-refractivity contribution in [3.63, 3.8) is 0 Å². The molecular formula is C12H15ClFNO2. The first-order valence-electron chi connectivity index (χ1n) is 5.44. The van der Waals surface area contributed by atoms with Crippen molar-refractivity contribution in [2.45, 2.75) is 25.8 Å². The van der Waals surface area contributed by atoms with Crippen molar-refractivity contribution in [3.8, 4) is 11.5 Å². The molecule has 1 aromatic rings. The minimum atomic E-state index is -0.542. The lowest BCUT2D eigenvalue weighted by Crippen LogP contribution is -2.35. The third-order valence-electron chi connectivity index (χ3n) is 2.45. The largest absolute Gasteiger partial charge is 0.486 e. The maximum Gasteiger partial charge on any atom is 0.167 e. The van der Waals surface area contributed by atoms with Crippen molar-refractivity contribution in [2.24, 2.45) is 5.73 Å². The minimum Gasteiger partial charge on any atom is -0.486 e. The van der Waals surface area contributed by atoms with Gasteiger partial charge in [-0.15, -0.1) is 0 Å². The van der Waals surface area contributed by atoms with Gasteiger partial charge in [-0.05, 0) is 20.3 Å². The quantitative estimate of drug-likeness (QED) is 0.888. The lowest BCUT2D eigenvalue weighted by molar-refractivity contribution is 0.168. The SMILES string of the molecule is CC(C)(N)Cc1c(F)c(Cl)cc2c1OCCO2. The number of fused-ring (bicyclic) bond motifs is 1. The fourth-order valence-corrected chi connectivity index (χ4v) is 2.02. The van der Waals surface area contributed by atoms with Gasteiger partial charge in [0, 0.05) is 17.2 Å². The standard InChI is InChI=1S/C12H15ClFNO2/c1-12(2,15)6-7-10(14)8(13)5-9-11(7)17-4-3-16-9/h5H,3-4,6,15H2,1-2H3. The van der Waals surface area contributed by atoms with Crippen LogP contribution in [0.4, 0.5) is 4.39 Å². The van der Waals surface area contributed by atoms with Gasteiger partial charge >= 0.3 is 0 Å². The van der Waals surface area contributed by atoms with Crippen LogP contribution in [-0.4, -0.2) is 18.8 Å². The number of hydrogen-bond donors (Lipinski definition) is 1. The minimum absolute atomic E-state index is 0.0356. The topological polar surface area (TPSA) is 44.5 Å². The van der Waals surface area contributed by atoms with Gasteiger partial charge in [0.1, 0.15) is 19.0 Å². The van der Waals surface area contributed by atoms with Gasteiger partial charge in [0.25, 0.3) is 0 Å². The number of rotatable bonds is 2. The summed E-state index contributed by atoms with van der Waals surface area (Å²) in [5.74, 6) is 0.438. The van der Waals surface area contributed by atoms with E-state index in [-0.39, 0.29) is 5.02 Å². The number of benzene rings is 1. The monoisotopic (exact) mass is 259 g/mol. The predicted octanol–water partition coefficient (Wildman–Crippen LogP) is 2.53. The van der Waals surface area contributed by atoms with E-state index in [1.807, 2.05) is 13.8 Å². The molecule has 0 saturated carbocycles. The zero-order chi connectivity index (χ0) is 12.6. The molecule has 0 fully saturated rings. The second-order valence-corrected chi connectivity index (χ2v) is 5.25. The van der Waals surface area contributed by atoms with E-state index in [1.54, 1.807) is 0 Å². The zero-order valence-corrected chi connectivity index (χ0v) is 10.6. The molecule has 0 spiro atoms. The van der Waals surface area contributed by atoms with Gasteiger partial charge in [0.15, 0.2) is 11.5 Å². The highest BCUT2D eigenvalue weighted by molar-refractivity contribution is 6.31. The Kier molecular flexibility index (Phi) is 3.19. The molecule has 0 bridgehead atoms. The molecule has 0 atom stereocenters. The molecule has 2 rings (SSSR count). The van der Waals surface area contributed by atoms with E-state index in [4.69, 9.17) is 26.8 Å². The number of ether oxygens (including phenoxy) is 2. The fourth-order valence-electron chi connectivity index (χ4n) is 1.81. The van der Waals surface area contributed by atoms with Crippen LogP contribution in [0.25, 0.3) is 0 Å². The van der Waals surface area contributed by atoms with E-state index in [0.717, 1.165) is 0 Å². The van der Waals surface area contributed by atoms with Gasteiger partial charge in [-0.3, -0.25) is 0 Å². The lowest BCUT2D eigenvalue weighted by atomic mass is 9.94. The predicted molar refractivity (Wildman–Crippen MR) is 64.4 cm³/mol. The molecule has 94 valence electrons. The normalized spacial score (nSPS) is 14.9. The van der Waals surface area contributed by atoms with Crippen LogP contribution in [0, 0.1) is 5.82 Å². The van der Waals surface area contributed by atoms with E-state index in [1.165, 1.54) is 6.07 Å². The van der Waals surface area contributed by atoms with Crippen LogP contribution in [0.3, 0.4) is 0 Å². The Morgan fingerprint density at radius 2 is 2.06 bits per heavy atom. The molecule has 0 aromatic heterocycles. The maximum atomic E-state index is 14.0. The Bertz CT molecular complexity index is 443. The lowest BCUT2D eigenvalue weighted by Gasteiger charge is -2.25. The van der Waals surface area contributed by atoms with Crippen LogP contribution < -0.4 is 15.2 Å². The van der Waals surface area contributed by atoms with Crippen LogP contribution in [0.2, 0.25) is 5.02 Å². The van der Waals surface area contributed by atoms with E-state index < -0.39 is 11.4 Å². The van der Waals surface area contributed by atoms with Gasteiger partial charge in [0.2, 0.25) is 0 Å². The maximum absolute atomic E-state index is 14.0. The molecule has 0 saturated heterocycles. The van der Waals surface area contributed by atoms with Gasteiger partial charge in [0.05, 0.1) is 5.02 Å². The Hall–Kier alpha value is -1.00. The molecule has 2 N–H and O–H groups in total. The molecule has 17 heavy (non-hydrogen) atoms. The molecular weight excluding hydrogens is 245 g/mol. The molecule has 0 amide bonds. The highest BCUT2D eigenvalue weighted by Crippen LogP contribution is 2.40. The average Bonchev–Trinajstić information content (AvgIpc) is 2.23. The van der Waals surface area contributed by atoms with Gasteiger partial charge < -0.3 is 15.2 Å². The van der Waals surface area contributed by atoms with Crippen LogP contribution in [0.5, 0.6) is 11.5 Å². The molecule has 0 aliphatic carbocycles. The van der Waals surface area contributed by atoms with Crippen LogP contribution in [0.1, 0.15) is 19.4 Å². The summed E-state index contributed by atoms with van der Waals surface area (Å²) in [5.41, 5.74) is 5.76. The first kappa shape index (κ1) is 12.5. The van der Waals surface area contributed by atoms with Crippen molar-refractivity contribution in [1.29, 1.82) is 0 Å². The van der Waals surface area contributed by atoms with Gasteiger partial charge in [-0.25, -0.2) is 4.39 Å². The van der Waals surface area contributed by atoms with Gasteiger partial charge in [-0.2, -0.15) is 0 Å². The zero-order valence-electron chi connectivity index (χ0n) is 9.85. The third-order valence-corrected chi connectivity index (χ3v) is 2.73. The van der Waals surface area contributed by atoms with Crippen molar-refractivity contribution >= 4 is 11.6 Å². The molecule has 3 nitrogen and oxygen atoms in total. The summed E-state index contributed by atoms with van der Waals surface area (Å²) in [4.78, 5) is 0. The Balaban J connectivity index is 2.51. The molecule has 1 aliphatic rings. The highest BCUT2D eigenvalue weighted by atomic mass is 35.5. The molecule has 0 unspecified atom stereocenters. The highest BCUT2D eigenvalue weighted by Gasteiger charge is 2.26. The molecule has 1 aromatic carbocycles.